The summed E-state index contributed by atoms with van der Waals surface area (Å²) in [5.74, 6) is -0.691. The van der Waals surface area contributed by atoms with Crippen LogP contribution in [-0.4, -0.2) is 126 Å². The Balaban J connectivity index is 1.57. The number of aromatic nitrogens is 1. The molecule has 0 aliphatic carbocycles. The maximum atomic E-state index is 14.3. The molecule has 1 aliphatic rings. The summed E-state index contributed by atoms with van der Waals surface area (Å²) in [5.41, 5.74) is 2.10. The van der Waals surface area contributed by atoms with Crippen molar-refractivity contribution in [2.24, 2.45) is 22.1 Å². The molecule has 16 heteroatoms. The van der Waals surface area contributed by atoms with Gasteiger partial charge in [0.1, 0.15) is 11.0 Å². The number of hydrazone groups is 1. The minimum atomic E-state index is -4.07. The number of hydrogen-bond donors (Lipinski definition) is 3. The zero-order chi connectivity index (χ0) is 38.7. The van der Waals surface area contributed by atoms with Crippen molar-refractivity contribution in [3.8, 4) is 0 Å². The number of carbonyl (C=O) groups is 2. The number of aliphatic hydroxyl groups excluding tert-OH is 1. The standard InChI is InChI=1S/C37H52N8O6S2/c1-7-27(4)35(45-18-17-43(37(45)48)23-30-25-52-34(40-30)21-38-42(5)6)36(47)41-32(19-28-11-9-8-10-12-28)33(46)24-44(22-26(2)3)53(50,51)31-15-13-29(14-16-31)20-39-49/h8-16,20-21,25-27,32-33,35,46,49H,7,17-19,22-24H2,1-6H3,(H,41,47)/t27-,32-,33+,35-/m0/s1. The van der Waals surface area contributed by atoms with Crippen molar-refractivity contribution in [3.63, 3.8) is 0 Å². The maximum Gasteiger partial charge on any atom is 0.321 e. The van der Waals surface area contributed by atoms with Gasteiger partial charge in [-0.15, -0.1) is 11.3 Å². The zero-order valence-corrected chi connectivity index (χ0v) is 32.9. The van der Waals surface area contributed by atoms with Crippen molar-refractivity contribution in [1.29, 1.82) is 0 Å². The maximum absolute atomic E-state index is 14.3. The Hall–Kier alpha value is -4.38. The Morgan fingerprint density at radius 3 is 2.38 bits per heavy atom. The highest BCUT2D eigenvalue weighted by Gasteiger charge is 2.41. The van der Waals surface area contributed by atoms with E-state index >= 15 is 0 Å². The number of nitrogens with one attached hydrogen (secondary N) is 1. The smallest absolute Gasteiger partial charge is 0.321 e. The summed E-state index contributed by atoms with van der Waals surface area (Å²) in [5, 5.41) is 35.2. The van der Waals surface area contributed by atoms with Crippen LogP contribution in [0.4, 0.5) is 4.79 Å². The van der Waals surface area contributed by atoms with Crippen LogP contribution in [0.5, 0.6) is 0 Å². The molecule has 3 aromatic rings. The summed E-state index contributed by atoms with van der Waals surface area (Å²) in [4.78, 5) is 36.0. The fraction of sp³-hybridized carbons (Fsp3) is 0.486. The topological polar surface area (TPSA) is 171 Å². The van der Waals surface area contributed by atoms with E-state index in [4.69, 9.17) is 5.21 Å². The van der Waals surface area contributed by atoms with Crippen LogP contribution >= 0.6 is 11.3 Å². The van der Waals surface area contributed by atoms with Gasteiger partial charge in [0.15, 0.2) is 0 Å². The first-order chi connectivity index (χ1) is 25.2. The SMILES string of the molecule is CC[C@H](C)[C@@H](C(=O)N[C@@H](Cc1ccccc1)[C@H](O)CN(CC(C)C)S(=O)(=O)c1ccc(C=NO)cc1)N1CCN(Cc2csc(C=NN(C)C)n2)C1=O. The number of hydrogen-bond acceptors (Lipinski definition) is 11. The summed E-state index contributed by atoms with van der Waals surface area (Å²) >= 11 is 1.44. The lowest BCUT2D eigenvalue weighted by molar-refractivity contribution is -0.128. The monoisotopic (exact) mass is 768 g/mol. The highest BCUT2D eigenvalue weighted by atomic mass is 32.2. The molecule has 4 atom stereocenters. The van der Waals surface area contributed by atoms with Gasteiger partial charge < -0.3 is 30.4 Å². The fourth-order valence-electron chi connectivity index (χ4n) is 6.13. The van der Waals surface area contributed by atoms with Gasteiger partial charge in [-0.3, -0.25) is 4.79 Å². The number of benzene rings is 2. The third-order valence-electron chi connectivity index (χ3n) is 9.01. The number of sulfonamides is 1. The van der Waals surface area contributed by atoms with Crippen LogP contribution in [-0.2, 0) is 27.8 Å². The van der Waals surface area contributed by atoms with Crippen molar-refractivity contribution in [3.05, 3.63) is 81.8 Å². The first kappa shape index (κ1) is 41.4. The van der Waals surface area contributed by atoms with Crippen molar-refractivity contribution in [2.75, 3.05) is 40.3 Å². The van der Waals surface area contributed by atoms with Crippen LogP contribution < -0.4 is 5.32 Å². The van der Waals surface area contributed by atoms with Gasteiger partial charge in [0.25, 0.3) is 0 Å². The van der Waals surface area contributed by atoms with Crippen molar-refractivity contribution in [1.82, 2.24) is 29.4 Å². The van der Waals surface area contributed by atoms with Gasteiger partial charge in [-0.1, -0.05) is 81.7 Å². The Kier molecular flexibility index (Phi) is 14.9. The van der Waals surface area contributed by atoms with E-state index < -0.39 is 34.1 Å². The van der Waals surface area contributed by atoms with Crippen LogP contribution in [0.15, 0.2) is 75.1 Å². The second-order valence-electron chi connectivity index (χ2n) is 13.9. The Morgan fingerprint density at radius 1 is 1.06 bits per heavy atom. The summed E-state index contributed by atoms with van der Waals surface area (Å²) < 4.78 is 29.1. The molecule has 288 valence electrons. The average molecular weight is 769 g/mol. The number of aliphatic hydroxyl groups is 1. The fourth-order valence-corrected chi connectivity index (χ4v) is 8.41. The summed E-state index contributed by atoms with van der Waals surface area (Å²) in [6.07, 6.45) is 2.42. The zero-order valence-electron chi connectivity index (χ0n) is 31.2. The third kappa shape index (κ3) is 11.3. The van der Waals surface area contributed by atoms with Crippen molar-refractivity contribution >= 4 is 45.7 Å². The van der Waals surface area contributed by atoms with Gasteiger partial charge in [0.05, 0.1) is 41.7 Å². The van der Waals surface area contributed by atoms with E-state index in [0.29, 0.717) is 31.6 Å². The van der Waals surface area contributed by atoms with Gasteiger partial charge >= 0.3 is 6.03 Å². The highest BCUT2D eigenvalue weighted by molar-refractivity contribution is 7.89. The van der Waals surface area contributed by atoms with E-state index in [0.717, 1.165) is 16.3 Å². The number of carbonyl (C=O) groups excluding carboxylic acids is 2. The molecule has 1 aliphatic heterocycles. The molecule has 3 amide bonds. The highest BCUT2D eigenvalue weighted by Crippen LogP contribution is 2.24. The van der Waals surface area contributed by atoms with E-state index in [-0.39, 0.29) is 42.3 Å². The lowest BCUT2D eigenvalue weighted by atomic mass is 9.95. The number of thiazole rings is 1. The van der Waals surface area contributed by atoms with Gasteiger partial charge in [0, 0.05) is 45.7 Å². The van der Waals surface area contributed by atoms with E-state index in [1.807, 2.05) is 77.5 Å². The Bertz CT molecular complexity index is 1800. The van der Waals surface area contributed by atoms with Gasteiger partial charge in [-0.2, -0.15) is 9.41 Å². The van der Waals surface area contributed by atoms with Crippen molar-refractivity contribution < 1.29 is 28.3 Å². The van der Waals surface area contributed by atoms with Crippen LogP contribution in [0.1, 0.15) is 55.9 Å². The number of urea groups is 1. The Morgan fingerprint density at radius 2 is 1.75 bits per heavy atom. The molecule has 1 saturated heterocycles. The average Bonchev–Trinajstić information content (AvgIpc) is 3.73. The molecule has 1 fully saturated rings. The van der Waals surface area contributed by atoms with E-state index in [2.05, 4.69) is 20.6 Å². The molecule has 14 nitrogen and oxygen atoms in total. The minimum absolute atomic E-state index is 0.0218. The van der Waals surface area contributed by atoms with E-state index in [9.17, 15) is 23.1 Å². The lowest BCUT2D eigenvalue weighted by Crippen LogP contribution is -2.57. The second-order valence-corrected chi connectivity index (χ2v) is 16.7. The molecule has 0 saturated carbocycles. The normalized spacial score (nSPS) is 16.2. The molecule has 0 spiro atoms. The molecule has 2 heterocycles. The first-order valence-electron chi connectivity index (χ1n) is 17.7. The largest absolute Gasteiger partial charge is 0.411 e. The summed E-state index contributed by atoms with van der Waals surface area (Å²) in [6, 6.07) is 13.3. The van der Waals surface area contributed by atoms with Crippen LogP contribution in [0.3, 0.4) is 0 Å². The number of oxime groups is 1. The van der Waals surface area contributed by atoms with Crippen LogP contribution in [0, 0.1) is 11.8 Å². The second kappa shape index (κ2) is 19.1. The molecule has 0 radical (unpaired) electrons. The molecule has 2 aromatic carbocycles. The predicted molar refractivity (Wildman–Crippen MR) is 207 cm³/mol. The predicted octanol–water partition coefficient (Wildman–Crippen LogP) is 3.93. The molecule has 53 heavy (non-hydrogen) atoms. The number of amides is 3. The van der Waals surface area contributed by atoms with Crippen LogP contribution in [0.25, 0.3) is 0 Å². The first-order valence-corrected chi connectivity index (χ1v) is 20.1. The van der Waals surface area contributed by atoms with Crippen LogP contribution in [0.2, 0.25) is 0 Å². The Labute approximate surface area is 316 Å². The molecule has 1 aromatic heterocycles. The quantitative estimate of drug-likeness (QED) is 0.0936. The van der Waals surface area contributed by atoms with Gasteiger partial charge in [-0.25, -0.2) is 18.2 Å². The molecule has 0 unspecified atom stereocenters. The van der Waals surface area contributed by atoms with E-state index in [1.165, 1.54) is 46.1 Å². The van der Waals surface area contributed by atoms with Gasteiger partial charge in [0.2, 0.25) is 15.9 Å². The molecular formula is C37H52N8O6S2. The van der Waals surface area contributed by atoms with Crippen molar-refractivity contribution in [2.45, 2.75) is 70.2 Å². The molecule has 0 bridgehead atoms. The minimum Gasteiger partial charge on any atom is -0.411 e. The number of nitrogens with zero attached hydrogens (tertiary/aromatic N) is 7. The molecule has 3 N–H and O–H groups in total. The van der Waals surface area contributed by atoms with Gasteiger partial charge in [-0.05, 0) is 41.5 Å². The molecular weight excluding hydrogens is 717 g/mol. The summed E-state index contributed by atoms with van der Waals surface area (Å²) in [6.45, 7) is 8.57. The lowest BCUT2D eigenvalue weighted by Gasteiger charge is -2.35. The van der Waals surface area contributed by atoms with E-state index in [1.54, 1.807) is 21.0 Å². The number of rotatable bonds is 19. The summed E-state index contributed by atoms with van der Waals surface area (Å²) in [7, 11) is -0.425. The third-order valence-corrected chi connectivity index (χ3v) is 11.7. The molecule has 4 rings (SSSR count).